The maximum absolute atomic E-state index is 10.1. The number of rotatable bonds is 3. The van der Waals surface area contributed by atoms with E-state index < -0.39 is 0 Å². The summed E-state index contributed by atoms with van der Waals surface area (Å²) in [5, 5.41) is 10.1. The van der Waals surface area contributed by atoms with Gasteiger partial charge in [0.2, 0.25) is 0 Å². The first-order chi connectivity index (χ1) is 9.72. The molecule has 0 fully saturated rings. The van der Waals surface area contributed by atoms with Crippen LogP contribution in [0.5, 0.6) is 11.5 Å². The van der Waals surface area contributed by atoms with E-state index in [4.69, 9.17) is 9.47 Å². The van der Waals surface area contributed by atoms with Crippen molar-refractivity contribution in [2.45, 2.75) is 25.4 Å². The average molecular weight is 273 g/mol. The molecule has 2 aromatic rings. The van der Waals surface area contributed by atoms with E-state index in [0.29, 0.717) is 0 Å². The lowest BCUT2D eigenvalue weighted by atomic mass is 9.95. The van der Waals surface area contributed by atoms with Crippen LogP contribution in [0.3, 0.4) is 0 Å². The summed E-state index contributed by atoms with van der Waals surface area (Å²) >= 11 is 0. The molecule has 0 radical (unpaired) electrons. The van der Waals surface area contributed by atoms with Crippen molar-refractivity contribution in [3.05, 3.63) is 41.7 Å². The molecule has 1 aromatic carbocycles. The monoisotopic (exact) mass is 273 g/mol. The zero-order chi connectivity index (χ0) is 14.1. The summed E-state index contributed by atoms with van der Waals surface area (Å²) in [6.45, 7) is 0. The summed E-state index contributed by atoms with van der Waals surface area (Å²) in [6.07, 6.45) is 4.51. The van der Waals surface area contributed by atoms with E-state index in [-0.39, 0.29) is 6.10 Å². The summed E-state index contributed by atoms with van der Waals surface area (Å²) in [6, 6.07) is 7.81. The van der Waals surface area contributed by atoms with Gasteiger partial charge < -0.3 is 19.1 Å². The van der Waals surface area contributed by atoms with Crippen LogP contribution in [0.25, 0.3) is 5.69 Å². The Labute approximate surface area is 118 Å². The second kappa shape index (κ2) is 5.21. The molecule has 1 N–H and O–H groups in total. The van der Waals surface area contributed by atoms with Crippen molar-refractivity contribution in [1.29, 1.82) is 0 Å². The van der Waals surface area contributed by atoms with E-state index in [2.05, 4.69) is 4.57 Å². The Balaban J connectivity index is 2.09. The maximum atomic E-state index is 10.1. The van der Waals surface area contributed by atoms with Crippen LogP contribution in [0.15, 0.2) is 30.5 Å². The molecule has 0 amide bonds. The third kappa shape index (κ3) is 2.16. The second-order valence-corrected chi connectivity index (χ2v) is 5.07. The van der Waals surface area contributed by atoms with Crippen LogP contribution in [0.1, 0.15) is 30.2 Å². The summed E-state index contributed by atoms with van der Waals surface area (Å²) < 4.78 is 12.7. The standard InChI is InChI=1S/C16H19NO3/c1-19-12-8-11(9-13(10-12)20-2)17-7-6-14-15(17)4-3-5-16(14)18/h6-10,16,18H,3-5H2,1-2H3. The van der Waals surface area contributed by atoms with Crippen molar-refractivity contribution in [1.82, 2.24) is 4.57 Å². The normalized spacial score (nSPS) is 17.6. The van der Waals surface area contributed by atoms with Crippen LogP contribution in [0.2, 0.25) is 0 Å². The Morgan fingerprint density at radius 2 is 1.85 bits per heavy atom. The Morgan fingerprint density at radius 1 is 1.15 bits per heavy atom. The molecule has 1 aromatic heterocycles. The van der Waals surface area contributed by atoms with Gasteiger partial charge in [-0.15, -0.1) is 0 Å². The van der Waals surface area contributed by atoms with E-state index in [1.165, 1.54) is 5.69 Å². The van der Waals surface area contributed by atoms with Gasteiger partial charge in [-0.2, -0.15) is 0 Å². The lowest BCUT2D eigenvalue weighted by Crippen LogP contribution is -2.11. The number of methoxy groups -OCH3 is 2. The molecule has 0 saturated heterocycles. The minimum atomic E-state index is -0.340. The van der Waals surface area contributed by atoms with Crippen LogP contribution in [-0.2, 0) is 6.42 Å². The van der Waals surface area contributed by atoms with Gasteiger partial charge in [-0.3, -0.25) is 0 Å². The topological polar surface area (TPSA) is 43.6 Å². The van der Waals surface area contributed by atoms with Gasteiger partial charge in [-0.1, -0.05) is 0 Å². The van der Waals surface area contributed by atoms with Gasteiger partial charge >= 0.3 is 0 Å². The zero-order valence-electron chi connectivity index (χ0n) is 11.8. The smallest absolute Gasteiger partial charge is 0.124 e. The largest absolute Gasteiger partial charge is 0.497 e. The summed E-state index contributed by atoms with van der Waals surface area (Å²) in [4.78, 5) is 0. The summed E-state index contributed by atoms with van der Waals surface area (Å²) in [5.74, 6) is 1.52. The number of aliphatic hydroxyl groups excluding tert-OH is 1. The molecule has 4 nitrogen and oxygen atoms in total. The molecular weight excluding hydrogens is 254 g/mol. The average Bonchev–Trinajstić information content (AvgIpc) is 2.92. The number of benzene rings is 1. The van der Waals surface area contributed by atoms with Crippen LogP contribution in [0, 0.1) is 0 Å². The minimum Gasteiger partial charge on any atom is -0.497 e. The Bertz CT molecular complexity index is 596. The van der Waals surface area contributed by atoms with Crippen LogP contribution >= 0.6 is 0 Å². The molecule has 0 aliphatic heterocycles. The van der Waals surface area contributed by atoms with Crippen molar-refractivity contribution in [2.75, 3.05) is 14.2 Å². The predicted octanol–water partition coefficient (Wildman–Crippen LogP) is 2.86. The van der Waals surface area contributed by atoms with E-state index in [1.807, 2.05) is 30.5 Å². The third-order valence-electron chi connectivity index (χ3n) is 3.89. The van der Waals surface area contributed by atoms with Gasteiger partial charge in [0.1, 0.15) is 11.5 Å². The first-order valence-electron chi connectivity index (χ1n) is 6.84. The molecule has 0 saturated carbocycles. The molecule has 20 heavy (non-hydrogen) atoms. The van der Waals surface area contributed by atoms with Gasteiger partial charge in [-0.25, -0.2) is 0 Å². The fraction of sp³-hybridized carbons (Fsp3) is 0.375. The number of fused-ring (bicyclic) bond motifs is 1. The lowest BCUT2D eigenvalue weighted by molar-refractivity contribution is 0.156. The highest BCUT2D eigenvalue weighted by Crippen LogP contribution is 2.33. The van der Waals surface area contributed by atoms with E-state index in [0.717, 1.165) is 42.0 Å². The molecule has 4 heteroatoms. The molecule has 1 heterocycles. The first-order valence-corrected chi connectivity index (χ1v) is 6.84. The van der Waals surface area contributed by atoms with E-state index >= 15 is 0 Å². The van der Waals surface area contributed by atoms with E-state index in [9.17, 15) is 5.11 Å². The first kappa shape index (κ1) is 13.1. The molecule has 1 aliphatic rings. The molecule has 1 aliphatic carbocycles. The number of aromatic nitrogens is 1. The van der Waals surface area contributed by atoms with Crippen LogP contribution < -0.4 is 9.47 Å². The number of hydrogen-bond acceptors (Lipinski definition) is 3. The third-order valence-corrected chi connectivity index (χ3v) is 3.89. The molecule has 0 spiro atoms. The molecule has 0 bridgehead atoms. The van der Waals surface area contributed by atoms with Gasteiger partial charge in [0, 0.05) is 35.7 Å². The zero-order valence-corrected chi connectivity index (χ0v) is 11.8. The lowest BCUT2D eigenvalue weighted by Gasteiger charge is -2.20. The van der Waals surface area contributed by atoms with Crippen LogP contribution in [-0.4, -0.2) is 23.9 Å². The second-order valence-electron chi connectivity index (χ2n) is 5.07. The SMILES string of the molecule is COc1cc(OC)cc(-n2ccc3c2CCCC3O)c1. The van der Waals surface area contributed by atoms with Gasteiger partial charge in [-0.05, 0) is 25.3 Å². The Morgan fingerprint density at radius 3 is 2.50 bits per heavy atom. The number of hydrogen-bond donors (Lipinski definition) is 1. The summed E-state index contributed by atoms with van der Waals surface area (Å²) in [5.41, 5.74) is 3.22. The van der Waals surface area contributed by atoms with Gasteiger partial charge in [0.05, 0.1) is 26.0 Å². The highest BCUT2D eigenvalue weighted by atomic mass is 16.5. The molecule has 1 atom stereocenters. The van der Waals surface area contributed by atoms with Crippen LogP contribution in [0.4, 0.5) is 0 Å². The molecule has 1 unspecified atom stereocenters. The fourth-order valence-corrected chi connectivity index (χ4v) is 2.84. The predicted molar refractivity (Wildman–Crippen MR) is 76.8 cm³/mol. The number of nitrogens with zero attached hydrogens (tertiary/aromatic N) is 1. The number of aliphatic hydroxyl groups is 1. The molecular formula is C16H19NO3. The van der Waals surface area contributed by atoms with Gasteiger partial charge in [0.25, 0.3) is 0 Å². The highest BCUT2D eigenvalue weighted by Gasteiger charge is 2.22. The van der Waals surface area contributed by atoms with Crippen molar-refractivity contribution in [2.24, 2.45) is 0 Å². The summed E-state index contributed by atoms with van der Waals surface area (Å²) in [7, 11) is 3.29. The Hall–Kier alpha value is -1.94. The molecule has 3 rings (SSSR count). The number of ether oxygens (including phenoxy) is 2. The fourth-order valence-electron chi connectivity index (χ4n) is 2.84. The highest BCUT2D eigenvalue weighted by molar-refractivity contribution is 5.49. The quantitative estimate of drug-likeness (QED) is 0.935. The van der Waals surface area contributed by atoms with Crippen molar-refractivity contribution in [3.8, 4) is 17.2 Å². The Kier molecular flexibility index (Phi) is 3.40. The van der Waals surface area contributed by atoms with Crippen molar-refractivity contribution < 1.29 is 14.6 Å². The van der Waals surface area contributed by atoms with E-state index in [1.54, 1.807) is 14.2 Å². The maximum Gasteiger partial charge on any atom is 0.124 e. The molecule has 106 valence electrons. The van der Waals surface area contributed by atoms with Gasteiger partial charge in [0.15, 0.2) is 0 Å². The minimum absolute atomic E-state index is 0.340. The van der Waals surface area contributed by atoms with Crippen molar-refractivity contribution >= 4 is 0 Å². The van der Waals surface area contributed by atoms with Crippen molar-refractivity contribution in [3.63, 3.8) is 0 Å².